The molecular weight excluding hydrogens is 242 g/mol. The summed E-state index contributed by atoms with van der Waals surface area (Å²) in [5.41, 5.74) is 1.04. The van der Waals surface area contributed by atoms with Gasteiger partial charge >= 0.3 is 5.97 Å². The molecule has 1 aromatic heterocycles. The van der Waals surface area contributed by atoms with Crippen molar-refractivity contribution in [1.82, 2.24) is 4.98 Å². The van der Waals surface area contributed by atoms with Gasteiger partial charge in [0.1, 0.15) is 5.69 Å². The average Bonchev–Trinajstić information content (AvgIpc) is 2.79. The third kappa shape index (κ3) is 2.31. The van der Waals surface area contributed by atoms with E-state index in [1.807, 2.05) is 6.07 Å². The summed E-state index contributed by atoms with van der Waals surface area (Å²) in [6.45, 7) is 2.00. The van der Waals surface area contributed by atoms with Gasteiger partial charge < -0.3 is 9.15 Å². The minimum absolute atomic E-state index is 0.0694. The number of hydrogen-bond donors (Lipinski definition) is 0. The number of halogens is 1. The largest absolute Gasteiger partial charge is 0.460 e. The van der Waals surface area contributed by atoms with E-state index in [4.69, 9.17) is 20.8 Å². The fourth-order valence-electron chi connectivity index (χ4n) is 1.43. The molecule has 5 heteroatoms. The average molecular weight is 252 g/mol. The predicted octanol–water partition coefficient (Wildman–Crippen LogP) is 3.17. The lowest BCUT2D eigenvalue weighted by Crippen LogP contribution is -2.05. The van der Waals surface area contributed by atoms with Crippen LogP contribution in [0.2, 0.25) is 5.02 Å². The molecule has 0 saturated carbocycles. The quantitative estimate of drug-likeness (QED) is 0.787. The normalized spacial score (nSPS) is 10.2. The molecule has 0 saturated heterocycles. The molecule has 0 fully saturated rings. The highest BCUT2D eigenvalue weighted by Crippen LogP contribution is 2.29. The molecule has 0 radical (unpaired) electrons. The number of ether oxygens (including phenoxy) is 1. The zero-order chi connectivity index (χ0) is 12.3. The second kappa shape index (κ2) is 5.01. The fraction of sp³-hybridized carbons (Fsp3) is 0.167. The summed E-state index contributed by atoms with van der Waals surface area (Å²) in [5, 5.41) is 0.506. The summed E-state index contributed by atoms with van der Waals surface area (Å²) in [4.78, 5) is 15.6. The lowest BCUT2D eigenvalue weighted by molar-refractivity contribution is 0.0491. The first-order valence-corrected chi connectivity index (χ1v) is 5.47. The van der Waals surface area contributed by atoms with E-state index in [1.165, 1.54) is 6.39 Å². The Bertz CT molecular complexity index is 536. The molecule has 0 atom stereocenters. The van der Waals surface area contributed by atoms with Crippen molar-refractivity contribution >= 4 is 17.6 Å². The molecule has 1 aromatic carbocycles. The van der Waals surface area contributed by atoms with Crippen LogP contribution < -0.4 is 0 Å². The van der Waals surface area contributed by atoms with Crippen molar-refractivity contribution in [3.05, 3.63) is 41.4 Å². The summed E-state index contributed by atoms with van der Waals surface area (Å²) < 4.78 is 9.92. The topological polar surface area (TPSA) is 52.3 Å². The summed E-state index contributed by atoms with van der Waals surface area (Å²) >= 11 is 6.04. The van der Waals surface area contributed by atoms with E-state index in [9.17, 15) is 4.79 Å². The van der Waals surface area contributed by atoms with Crippen LogP contribution in [-0.2, 0) is 4.74 Å². The van der Waals surface area contributed by atoms with Crippen molar-refractivity contribution in [1.29, 1.82) is 0 Å². The van der Waals surface area contributed by atoms with Gasteiger partial charge in [0.2, 0.25) is 5.76 Å². The first-order chi connectivity index (χ1) is 8.24. The zero-order valence-electron chi connectivity index (χ0n) is 9.14. The van der Waals surface area contributed by atoms with Gasteiger partial charge in [-0.2, -0.15) is 0 Å². The van der Waals surface area contributed by atoms with E-state index in [1.54, 1.807) is 25.1 Å². The molecule has 17 heavy (non-hydrogen) atoms. The van der Waals surface area contributed by atoms with Crippen molar-refractivity contribution in [2.75, 3.05) is 6.61 Å². The Kier molecular flexibility index (Phi) is 3.44. The molecule has 1 heterocycles. The van der Waals surface area contributed by atoms with Crippen molar-refractivity contribution in [2.45, 2.75) is 6.92 Å². The number of hydrogen-bond acceptors (Lipinski definition) is 4. The lowest BCUT2D eigenvalue weighted by atomic mass is 10.1. The van der Waals surface area contributed by atoms with Crippen LogP contribution in [0.1, 0.15) is 17.5 Å². The van der Waals surface area contributed by atoms with E-state index in [0.717, 1.165) is 0 Å². The molecule has 0 aliphatic carbocycles. The molecule has 0 aliphatic rings. The molecule has 2 rings (SSSR count). The highest BCUT2D eigenvalue weighted by Gasteiger charge is 2.20. The number of carbonyl (C=O) groups excluding carboxylic acids is 1. The molecule has 0 amide bonds. The van der Waals surface area contributed by atoms with E-state index < -0.39 is 5.97 Å². The van der Waals surface area contributed by atoms with Crippen LogP contribution in [0.25, 0.3) is 11.3 Å². The standard InChI is InChI=1S/C12H10ClNO3/c1-2-16-12(15)11-10(14-7-17-11)8-5-3-4-6-9(8)13/h3-7H,2H2,1H3. The minimum atomic E-state index is -0.542. The smallest absolute Gasteiger partial charge is 0.376 e. The highest BCUT2D eigenvalue weighted by atomic mass is 35.5. The lowest BCUT2D eigenvalue weighted by Gasteiger charge is -2.02. The maximum absolute atomic E-state index is 11.6. The predicted molar refractivity (Wildman–Crippen MR) is 62.9 cm³/mol. The third-order valence-electron chi connectivity index (χ3n) is 2.16. The number of aromatic nitrogens is 1. The fourth-order valence-corrected chi connectivity index (χ4v) is 1.66. The molecule has 0 bridgehead atoms. The maximum Gasteiger partial charge on any atom is 0.376 e. The number of nitrogens with zero attached hydrogens (tertiary/aromatic N) is 1. The zero-order valence-corrected chi connectivity index (χ0v) is 9.90. The SMILES string of the molecule is CCOC(=O)c1ocnc1-c1ccccc1Cl. The van der Waals surface area contributed by atoms with Gasteiger partial charge in [-0.05, 0) is 13.0 Å². The Morgan fingerprint density at radius 2 is 2.24 bits per heavy atom. The Labute approximate surface area is 103 Å². The van der Waals surface area contributed by atoms with Crippen LogP contribution in [0.4, 0.5) is 0 Å². The molecule has 4 nitrogen and oxygen atoms in total. The maximum atomic E-state index is 11.6. The van der Waals surface area contributed by atoms with Crippen molar-refractivity contribution < 1.29 is 13.9 Å². The van der Waals surface area contributed by atoms with Gasteiger partial charge in [-0.1, -0.05) is 29.8 Å². The number of benzene rings is 1. The first kappa shape index (κ1) is 11.7. The van der Waals surface area contributed by atoms with E-state index in [2.05, 4.69) is 4.98 Å². The molecular formula is C12H10ClNO3. The monoisotopic (exact) mass is 251 g/mol. The van der Waals surface area contributed by atoms with Crippen LogP contribution in [0.3, 0.4) is 0 Å². The Balaban J connectivity index is 2.44. The molecule has 0 N–H and O–H groups in total. The Morgan fingerprint density at radius 1 is 1.47 bits per heavy atom. The molecule has 2 aromatic rings. The van der Waals surface area contributed by atoms with Gasteiger partial charge in [0.25, 0.3) is 0 Å². The van der Waals surface area contributed by atoms with Crippen molar-refractivity contribution in [3.63, 3.8) is 0 Å². The van der Waals surface area contributed by atoms with Gasteiger partial charge in [-0.3, -0.25) is 0 Å². The van der Waals surface area contributed by atoms with E-state index in [-0.39, 0.29) is 12.4 Å². The number of oxazole rings is 1. The molecule has 0 aliphatic heterocycles. The summed E-state index contributed by atoms with van der Waals surface area (Å²) in [5.74, 6) is -0.472. The van der Waals surface area contributed by atoms with Gasteiger partial charge in [-0.25, -0.2) is 9.78 Å². The molecule has 88 valence electrons. The van der Waals surface area contributed by atoms with Crippen LogP contribution in [0.15, 0.2) is 35.1 Å². The first-order valence-electron chi connectivity index (χ1n) is 5.09. The van der Waals surface area contributed by atoms with Crippen LogP contribution in [0.5, 0.6) is 0 Å². The number of esters is 1. The Morgan fingerprint density at radius 3 is 2.94 bits per heavy atom. The van der Waals surface area contributed by atoms with Crippen molar-refractivity contribution in [3.8, 4) is 11.3 Å². The second-order valence-corrected chi connectivity index (χ2v) is 3.64. The van der Waals surface area contributed by atoms with Gasteiger partial charge in [0.15, 0.2) is 6.39 Å². The van der Waals surface area contributed by atoms with Gasteiger partial charge in [0.05, 0.1) is 11.6 Å². The van der Waals surface area contributed by atoms with Gasteiger partial charge in [-0.15, -0.1) is 0 Å². The molecule has 0 spiro atoms. The summed E-state index contributed by atoms with van der Waals surface area (Å²) in [7, 11) is 0. The third-order valence-corrected chi connectivity index (χ3v) is 2.49. The second-order valence-electron chi connectivity index (χ2n) is 3.23. The molecule has 0 unspecified atom stereocenters. The van der Waals surface area contributed by atoms with E-state index in [0.29, 0.717) is 16.3 Å². The number of carbonyl (C=O) groups is 1. The van der Waals surface area contributed by atoms with Crippen molar-refractivity contribution in [2.24, 2.45) is 0 Å². The number of rotatable bonds is 3. The summed E-state index contributed by atoms with van der Waals surface area (Å²) in [6, 6.07) is 7.10. The minimum Gasteiger partial charge on any atom is -0.460 e. The summed E-state index contributed by atoms with van der Waals surface area (Å²) in [6.07, 6.45) is 1.20. The highest BCUT2D eigenvalue weighted by molar-refractivity contribution is 6.33. The van der Waals surface area contributed by atoms with Gasteiger partial charge in [0, 0.05) is 5.56 Å². The van der Waals surface area contributed by atoms with E-state index >= 15 is 0 Å². The van der Waals surface area contributed by atoms with Crippen LogP contribution in [-0.4, -0.2) is 17.6 Å². The Hall–Kier alpha value is -1.81. The van der Waals surface area contributed by atoms with Crippen LogP contribution >= 0.6 is 11.6 Å². The van der Waals surface area contributed by atoms with Crippen LogP contribution in [0, 0.1) is 0 Å².